The molecule has 22 heavy (non-hydrogen) atoms. The summed E-state index contributed by atoms with van der Waals surface area (Å²) in [6.07, 6.45) is 7.65. The molecule has 4 nitrogen and oxygen atoms in total. The summed E-state index contributed by atoms with van der Waals surface area (Å²) in [5, 5.41) is 5.34. The summed E-state index contributed by atoms with van der Waals surface area (Å²) in [7, 11) is 1.67. The Labute approximate surface area is 131 Å². The Hall–Kier alpha value is -1.58. The number of ether oxygens (including phenoxy) is 1. The fourth-order valence-corrected chi connectivity index (χ4v) is 5.57. The lowest BCUT2D eigenvalue weighted by Crippen LogP contribution is -2.58. The topological polar surface area (TPSA) is 41.9 Å². The van der Waals surface area contributed by atoms with Crippen molar-refractivity contribution in [1.29, 1.82) is 0 Å². The van der Waals surface area contributed by atoms with Crippen LogP contribution in [0.15, 0.2) is 29.6 Å². The molecule has 0 atom stereocenters. The molecule has 0 radical (unpaired) electrons. The van der Waals surface area contributed by atoms with Crippen LogP contribution in [0, 0.1) is 22.7 Å². The van der Waals surface area contributed by atoms with Gasteiger partial charge in [-0.1, -0.05) is 12.1 Å². The van der Waals surface area contributed by atoms with Crippen molar-refractivity contribution in [2.24, 2.45) is 23.0 Å². The molecule has 0 aliphatic heterocycles. The fourth-order valence-electron chi connectivity index (χ4n) is 5.57. The van der Waals surface area contributed by atoms with Gasteiger partial charge in [-0.2, -0.15) is 0 Å². The van der Waals surface area contributed by atoms with Crippen LogP contribution in [-0.4, -0.2) is 17.7 Å². The van der Waals surface area contributed by atoms with E-state index in [2.05, 4.69) is 5.29 Å². The van der Waals surface area contributed by atoms with Gasteiger partial charge in [0.25, 0.3) is 0 Å². The molecule has 4 aliphatic rings. The number of methoxy groups -OCH3 is 1. The highest BCUT2D eigenvalue weighted by Crippen LogP contribution is 2.58. The van der Waals surface area contributed by atoms with Gasteiger partial charge in [0.1, 0.15) is 5.75 Å². The van der Waals surface area contributed by atoms with Crippen LogP contribution >= 0.6 is 0 Å². The number of nitrogens with zero attached hydrogens (tertiary/aromatic N) is 2. The lowest BCUT2D eigenvalue weighted by atomic mass is 9.52. The minimum absolute atomic E-state index is 0.0381. The average Bonchev–Trinajstić information content (AvgIpc) is 2.51. The maximum Gasteiger partial charge on any atom is 0.118 e. The van der Waals surface area contributed by atoms with E-state index in [4.69, 9.17) is 4.74 Å². The molecule has 4 fully saturated rings. The zero-order valence-corrected chi connectivity index (χ0v) is 13.2. The van der Waals surface area contributed by atoms with Gasteiger partial charge in [-0.3, -0.25) is 5.01 Å². The molecule has 4 bridgehead atoms. The monoisotopic (exact) mass is 300 g/mol. The number of benzene rings is 1. The van der Waals surface area contributed by atoms with Gasteiger partial charge in [0.15, 0.2) is 0 Å². The lowest BCUT2D eigenvalue weighted by molar-refractivity contribution is -0.0929. The Kier molecular flexibility index (Phi) is 3.35. The smallest absolute Gasteiger partial charge is 0.118 e. The predicted molar refractivity (Wildman–Crippen MR) is 85.2 cm³/mol. The lowest BCUT2D eigenvalue weighted by Gasteiger charge is -2.58. The highest BCUT2D eigenvalue weighted by Gasteiger charge is 2.54. The summed E-state index contributed by atoms with van der Waals surface area (Å²) >= 11 is 0. The van der Waals surface area contributed by atoms with Gasteiger partial charge in [0.2, 0.25) is 0 Å². The Bertz CT molecular complexity index is 519. The highest BCUT2D eigenvalue weighted by molar-refractivity contribution is 5.27. The first kappa shape index (κ1) is 14.0. The zero-order chi connectivity index (χ0) is 15.2. The maximum absolute atomic E-state index is 11.6. The van der Waals surface area contributed by atoms with Gasteiger partial charge in [0, 0.05) is 0 Å². The molecule has 4 heteroatoms. The van der Waals surface area contributed by atoms with Gasteiger partial charge >= 0.3 is 0 Å². The molecule has 0 spiro atoms. The van der Waals surface area contributed by atoms with E-state index >= 15 is 0 Å². The first-order valence-corrected chi connectivity index (χ1v) is 8.44. The fraction of sp³-hybridized carbons (Fsp3) is 0.667. The molecule has 0 saturated heterocycles. The van der Waals surface area contributed by atoms with Crippen LogP contribution in [0.2, 0.25) is 0 Å². The van der Waals surface area contributed by atoms with Crippen molar-refractivity contribution in [3.05, 3.63) is 34.7 Å². The number of hydrogen-bond donors (Lipinski definition) is 0. The first-order valence-electron chi connectivity index (χ1n) is 8.44. The van der Waals surface area contributed by atoms with Crippen LogP contribution in [0.5, 0.6) is 5.75 Å². The second-order valence-corrected chi connectivity index (χ2v) is 7.63. The predicted octanol–water partition coefficient (Wildman–Crippen LogP) is 4.15. The van der Waals surface area contributed by atoms with E-state index in [1.54, 1.807) is 7.11 Å². The van der Waals surface area contributed by atoms with Crippen molar-refractivity contribution in [2.45, 2.75) is 50.6 Å². The summed E-state index contributed by atoms with van der Waals surface area (Å²) in [5.41, 5.74) is 1.17. The molecule has 5 rings (SSSR count). The van der Waals surface area contributed by atoms with E-state index in [1.807, 2.05) is 29.3 Å². The van der Waals surface area contributed by atoms with Gasteiger partial charge in [-0.15, -0.1) is 4.91 Å². The van der Waals surface area contributed by atoms with Crippen molar-refractivity contribution in [2.75, 3.05) is 7.11 Å². The van der Waals surface area contributed by atoms with Crippen LogP contribution in [0.4, 0.5) is 0 Å². The SMILES string of the molecule is COc1ccc(CN(N=O)C23CC4CC(CC(C4)C2)C3)cc1. The quantitative estimate of drug-likeness (QED) is 0.606. The van der Waals surface area contributed by atoms with Crippen molar-refractivity contribution < 1.29 is 4.74 Å². The third-order valence-electron chi connectivity index (χ3n) is 6.14. The molecular weight excluding hydrogens is 276 g/mol. The molecular formula is C18H24N2O2. The molecule has 118 valence electrons. The summed E-state index contributed by atoms with van der Waals surface area (Å²) in [6, 6.07) is 7.99. The molecule has 4 saturated carbocycles. The standard InChI is InChI=1S/C18H24N2O2/c1-22-17-4-2-13(3-5-17)12-20(19-21)18-9-14-6-15(10-18)8-16(7-14)11-18/h2-5,14-16H,6-12H2,1H3. The molecule has 4 aliphatic carbocycles. The van der Waals surface area contributed by atoms with Crippen LogP contribution in [-0.2, 0) is 6.54 Å². The first-order chi connectivity index (χ1) is 10.7. The minimum atomic E-state index is 0.0381. The molecule has 0 N–H and O–H groups in total. The van der Waals surface area contributed by atoms with Gasteiger partial charge < -0.3 is 4.74 Å². The number of hydrogen-bond acceptors (Lipinski definition) is 3. The molecule has 0 amide bonds. The minimum Gasteiger partial charge on any atom is -0.497 e. The van der Waals surface area contributed by atoms with Crippen molar-refractivity contribution in [3.63, 3.8) is 0 Å². The molecule has 1 aromatic carbocycles. The summed E-state index contributed by atoms with van der Waals surface area (Å²) in [4.78, 5) is 11.6. The Balaban J connectivity index is 1.55. The molecule has 0 heterocycles. The molecule has 0 aromatic heterocycles. The van der Waals surface area contributed by atoms with Crippen LogP contribution in [0.25, 0.3) is 0 Å². The number of nitroso groups, excluding NO2 is 1. The van der Waals surface area contributed by atoms with E-state index in [0.717, 1.165) is 29.1 Å². The summed E-state index contributed by atoms with van der Waals surface area (Å²) in [5.74, 6) is 3.33. The van der Waals surface area contributed by atoms with Crippen molar-refractivity contribution in [3.8, 4) is 5.75 Å². The Morgan fingerprint density at radius 3 is 2.09 bits per heavy atom. The Morgan fingerprint density at radius 2 is 1.64 bits per heavy atom. The van der Waals surface area contributed by atoms with Crippen LogP contribution in [0.1, 0.15) is 44.1 Å². The normalized spacial score (nSPS) is 35.4. The van der Waals surface area contributed by atoms with E-state index in [9.17, 15) is 4.91 Å². The summed E-state index contributed by atoms with van der Waals surface area (Å²) in [6.45, 7) is 0.625. The van der Waals surface area contributed by atoms with Crippen molar-refractivity contribution in [1.82, 2.24) is 5.01 Å². The van der Waals surface area contributed by atoms with Gasteiger partial charge in [-0.25, -0.2) is 0 Å². The second kappa shape index (κ2) is 5.25. The Morgan fingerprint density at radius 1 is 1.09 bits per heavy atom. The average molecular weight is 300 g/mol. The largest absolute Gasteiger partial charge is 0.497 e. The third kappa shape index (κ3) is 2.29. The maximum atomic E-state index is 11.6. The van der Waals surface area contributed by atoms with E-state index in [-0.39, 0.29) is 5.54 Å². The van der Waals surface area contributed by atoms with Gasteiger partial charge in [-0.05, 0) is 74.0 Å². The van der Waals surface area contributed by atoms with Crippen LogP contribution < -0.4 is 4.74 Å². The van der Waals surface area contributed by atoms with Crippen molar-refractivity contribution >= 4 is 0 Å². The molecule has 0 unspecified atom stereocenters. The van der Waals surface area contributed by atoms with Crippen LogP contribution in [0.3, 0.4) is 0 Å². The summed E-state index contributed by atoms with van der Waals surface area (Å²) < 4.78 is 5.20. The van der Waals surface area contributed by atoms with E-state index in [0.29, 0.717) is 6.54 Å². The van der Waals surface area contributed by atoms with E-state index in [1.165, 1.54) is 38.5 Å². The third-order valence-corrected chi connectivity index (χ3v) is 6.14. The highest BCUT2D eigenvalue weighted by atomic mass is 16.5. The van der Waals surface area contributed by atoms with E-state index < -0.39 is 0 Å². The number of rotatable bonds is 5. The second-order valence-electron chi connectivity index (χ2n) is 7.63. The van der Waals surface area contributed by atoms with Gasteiger partial charge in [0.05, 0.1) is 24.5 Å². The molecule has 1 aromatic rings. The zero-order valence-electron chi connectivity index (χ0n) is 13.2.